The zero-order valence-corrected chi connectivity index (χ0v) is 23.9. The van der Waals surface area contributed by atoms with Gasteiger partial charge in [0.05, 0.1) is 48.1 Å². The molecular weight excluding hydrogens is 565 g/mol. The van der Waals surface area contributed by atoms with Gasteiger partial charge in [-0.05, 0) is 43.2 Å². The fourth-order valence-electron chi connectivity index (χ4n) is 5.44. The molecule has 3 aliphatic rings. The van der Waals surface area contributed by atoms with Crippen LogP contribution in [0.3, 0.4) is 0 Å². The van der Waals surface area contributed by atoms with Gasteiger partial charge in [-0.15, -0.1) is 0 Å². The summed E-state index contributed by atoms with van der Waals surface area (Å²) in [5, 5.41) is 6.66. The van der Waals surface area contributed by atoms with Crippen LogP contribution >= 0.6 is 0 Å². The Morgan fingerprint density at radius 1 is 1.17 bits per heavy atom. The first kappa shape index (κ1) is 28.5. The topological polar surface area (TPSA) is 132 Å². The highest BCUT2D eigenvalue weighted by Crippen LogP contribution is 2.35. The molecule has 0 saturated carbocycles. The molecule has 13 heteroatoms. The lowest BCUT2D eigenvalue weighted by atomic mass is 10.1. The van der Waals surface area contributed by atoms with Gasteiger partial charge >= 0.3 is 0 Å². The number of carbonyl (C=O) groups is 1. The Morgan fingerprint density at radius 2 is 1.95 bits per heavy atom. The molecule has 6 rings (SSSR count). The molecule has 1 aromatic heterocycles. The molecule has 3 atom stereocenters. The zero-order chi connectivity index (χ0) is 29.3. The van der Waals surface area contributed by atoms with Gasteiger partial charge in [-0.2, -0.15) is 0 Å². The normalized spacial score (nSPS) is 23.7. The lowest BCUT2D eigenvalue weighted by Crippen LogP contribution is -2.36. The second-order valence-electron chi connectivity index (χ2n) is 10.7. The first-order valence-electron chi connectivity index (χ1n) is 13.8. The quantitative estimate of drug-likeness (QED) is 0.374. The van der Waals surface area contributed by atoms with Crippen molar-refractivity contribution in [1.82, 2.24) is 14.9 Å². The van der Waals surface area contributed by atoms with Crippen molar-refractivity contribution in [1.29, 1.82) is 0 Å². The van der Waals surface area contributed by atoms with Crippen LogP contribution in [0.1, 0.15) is 12.0 Å². The number of carbonyl (C=O) groups excluding carboxylic acids is 1. The summed E-state index contributed by atoms with van der Waals surface area (Å²) in [6, 6.07) is 8.00. The highest BCUT2D eigenvalue weighted by Gasteiger charge is 2.36. The molecule has 0 radical (unpaired) electrons. The van der Waals surface area contributed by atoms with Crippen molar-refractivity contribution < 1.29 is 31.8 Å². The molecule has 3 unspecified atom stereocenters. The third kappa shape index (κ3) is 6.54. The largest absolute Gasteiger partial charge is 0.487 e. The Kier molecular flexibility index (Phi) is 8.08. The fraction of sp³-hybridized carbons (Fsp3) is 0.414. The fourth-order valence-corrected chi connectivity index (χ4v) is 7.03. The number of ether oxygens (including phenoxy) is 3. The van der Waals surface area contributed by atoms with Crippen molar-refractivity contribution in [3.05, 3.63) is 60.2 Å². The van der Waals surface area contributed by atoms with Crippen molar-refractivity contribution in [2.45, 2.75) is 31.7 Å². The van der Waals surface area contributed by atoms with Crippen LogP contribution in [-0.4, -0.2) is 91.9 Å². The van der Waals surface area contributed by atoms with E-state index >= 15 is 0 Å². The highest BCUT2D eigenvalue weighted by atomic mass is 32.2. The van der Waals surface area contributed by atoms with Gasteiger partial charge in [-0.1, -0.05) is 6.08 Å². The van der Waals surface area contributed by atoms with Crippen LogP contribution in [0.2, 0.25) is 0 Å². The van der Waals surface area contributed by atoms with Crippen LogP contribution < -0.4 is 15.4 Å². The zero-order valence-electron chi connectivity index (χ0n) is 23.1. The van der Waals surface area contributed by atoms with Crippen molar-refractivity contribution in [2.75, 3.05) is 55.0 Å². The summed E-state index contributed by atoms with van der Waals surface area (Å²) in [4.78, 5) is 23.9. The van der Waals surface area contributed by atoms with E-state index in [1.54, 1.807) is 37.3 Å². The molecule has 3 fully saturated rings. The summed E-state index contributed by atoms with van der Waals surface area (Å²) in [6.45, 7) is 4.92. The van der Waals surface area contributed by atoms with Crippen LogP contribution in [0.25, 0.3) is 10.9 Å². The van der Waals surface area contributed by atoms with Gasteiger partial charge < -0.3 is 24.8 Å². The van der Waals surface area contributed by atoms with Crippen LogP contribution in [0, 0.1) is 12.7 Å². The SMILES string of the molecule is Cc1cc(Nc2ncnc3cc(OC4CCS(=O)(=O)C4)c(NC(=O)C=CCN4CC5OCCOC5C4)cc23)ccc1F. The standard InChI is InChI=1S/C29H32FN5O6S/c1-18-11-19(4-5-22(18)30)33-29-21-12-24(25(13-23(21)31-17-32-29)41-20-6-10-42(37,38)16-20)34-28(36)3-2-7-35-14-26-27(15-35)40-9-8-39-26/h2-5,11-13,17,20,26-27H,6-10,14-16H2,1H3,(H,34,36)(H,31,32,33). The average molecular weight is 598 g/mol. The molecule has 3 aromatic rings. The van der Waals surface area contributed by atoms with E-state index in [1.165, 1.54) is 18.5 Å². The lowest BCUT2D eigenvalue weighted by molar-refractivity contribution is -0.116. The number of aromatic nitrogens is 2. The van der Waals surface area contributed by atoms with E-state index in [4.69, 9.17) is 14.2 Å². The highest BCUT2D eigenvalue weighted by molar-refractivity contribution is 7.91. The van der Waals surface area contributed by atoms with Crippen molar-refractivity contribution >= 4 is 43.8 Å². The smallest absolute Gasteiger partial charge is 0.248 e. The minimum Gasteiger partial charge on any atom is -0.487 e. The maximum atomic E-state index is 13.8. The van der Waals surface area contributed by atoms with Gasteiger partial charge in [0.2, 0.25) is 5.91 Å². The van der Waals surface area contributed by atoms with E-state index in [1.807, 2.05) is 0 Å². The summed E-state index contributed by atoms with van der Waals surface area (Å²) < 4.78 is 55.5. The summed E-state index contributed by atoms with van der Waals surface area (Å²) in [7, 11) is -3.18. The Bertz CT molecular complexity index is 1620. The van der Waals surface area contributed by atoms with Gasteiger partial charge in [0.15, 0.2) is 9.84 Å². The number of nitrogens with one attached hydrogen (secondary N) is 2. The van der Waals surface area contributed by atoms with Gasteiger partial charge in [-0.3, -0.25) is 9.69 Å². The van der Waals surface area contributed by atoms with Gasteiger partial charge in [0.1, 0.15) is 29.8 Å². The van der Waals surface area contributed by atoms with Crippen LogP contribution in [0.15, 0.2) is 48.8 Å². The van der Waals surface area contributed by atoms with Gasteiger partial charge in [0.25, 0.3) is 0 Å². The maximum Gasteiger partial charge on any atom is 0.248 e. The van der Waals surface area contributed by atoms with E-state index in [0.717, 1.165) is 13.1 Å². The number of fused-ring (bicyclic) bond motifs is 2. The second-order valence-corrected chi connectivity index (χ2v) is 13.0. The Labute approximate surface area is 243 Å². The molecule has 3 saturated heterocycles. The van der Waals surface area contributed by atoms with Crippen LogP contribution in [0.5, 0.6) is 5.75 Å². The number of anilines is 3. The molecule has 222 valence electrons. The number of nitrogens with zero attached hydrogens (tertiary/aromatic N) is 3. The predicted octanol–water partition coefficient (Wildman–Crippen LogP) is 2.98. The molecule has 0 spiro atoms. The molecule has 42 heavy (non-hydrogen) atoms. The molecule has 1 amide bonds. The molecular formula is C29H32FN5O6S. The van der Waals surface area contributed by atoms with Gasteiger partial charge in [0, 0.05) is 42.9 Å². The number of aryl methyl sites for hydroxylation is 1. The molecule has 0 bridgehead atoms. The molecule has 0 aliphatic carbocycles. The number of hydrogen-bond donors (Lipinski definition) is 2. The third-order valence-electron chi connectivity index (χ3n) is 7.57. The number of rotatable bonds is 8. The first-order valence-corrected chi connectivity index (χ1v) is 15.7. The Balaban J connectivity index is 1.23. The second kappa shape index (κ2) is 11.9. The lowest BCUT2D eigenvalue weighted by Gasteiger charge is -2.24. The molecule has 3 aliphatic heterocycles. The minimum atomic E-state index is -3.18. The Morgan fingerprint density at radius 3 is 2.67 bits per heavy atom. The van der Waals surface area contributed by atoms with E-state index in [2.05, 4.69) is 25.5 Å². The molecule has 2 N–H and O–H groups in total. The number of halogens is 1. The van der Waals surface area contributed by atoms with Crippen LogP contribution in [0.4, 0.5) is 21.6 Å². The molecule has 2 aromatic carbocycles. The molecule has 11 nitrogen and oxygen atoms in total. The number of likely N-dealkylation sites (tertiary alicyclic amines) is 1. The summed E-state index contributed by atoms with van der Waals surface area (Å²) in [5.74, 6) is 0.0366. The number of sulfone groups is 1. The minimum absolute atomic E-state index is 0.0529. The summed E-state index contributed by atoms with van der Waals surface area (Å²) >= 11 is 0. The van der Waals surface area contributed by atoms with Crippen molar-refractivity contribution in [2.24, 2.45) is 0 Å². The van der Waals surface area contributed by atoms with Crippen LogP contribution in [-0.2, 0) is 24.1 Å². The summed E-state index contributed by atoms with van der Waals surface area (Å²) in [6.07, 6.45) is 4.56. The van der Waals surface area contributed by atoms with E-state index in [-0.39, 0.29) is 35.4 Å². The molecule has 4 heterocycles. The van der Waals surface area contributed by atoms with Crippen molar-refractivity contribution in [3.8, 4) is 5.75 Å². The van der Waals surface area contributed by atoms with Gasteiger partial charge in [-0.25, -0.2) is 22.8 Å². The monoisotopic (exact) mass is 597 g/mol. The first-order chi connectivity index (χ1) is 20.2. The number of amides is 1. The van der Waals surface area contributed by atoms with Crippen molar-refractivity contribution in [3.63, 3.8) is 0 Å². The third-order valence-corrected chi connectivity index (χ3v) is 9.31. The number of hydrogen-bond acceptors (Lipinski definition) is 10. The summed E-state index contributed by atoms with van der Waals surface area (Å²) in [5.41, 5.74) is 1.99. The Hall–Kier alpha value is -3.65. The van der Waals surface area contributed by atoms with E-state index in [9.17, 15) is 17.6 Å². The van der Waals surface area contributed by atoms with E-state index < -0.39 is 15.9 Å². The maximum absolute atomic E-state index is 13.8. The predicted molar refractivity (Wildman–Crippen MR) is 155 cm³/mol. The number of benzene rings is 2. The van der Waals surface area contributed by atoms with E-state index in [0.29, 0.717) is 65.6 Å². The average Bonchev–Trinajstić information content (AvgIpc) is 3.53.